The molecule has 7 nitrogen and oxygen atoms in total. The van der Waals surface area contributed by atoms with E-state index in [1.807, 2.05) is 37.6 Å². The monoisotopic (exact) mass is 561 g/mol. The van der Waals surface area contributed by atoms with Crippen LogP contribution in [0, 0.1) is 29.9 Å². The molecule has 0 aliphatic carbocycles. The van der Waals surface area contributed by atoms with Crippen LogP contribution < -0.4 is 5.32 Å². The molecule has 1 aliphatic heterocycles. The molecule has 1 saturated heterocycles. The number of halogens is 2. The van der Waals surface area contributed by atoms with Gasteiger partial charge in [0.2, 0.25) is 5.95 Å². The lowest BCUT2D eigenvalue weighted by Crippen LogP contribution is -2.38. The zero-order chi connectivity index (χ0) is 29.5. The number of aryl methyl sites for hydroxylation is 1. The minimum atomic E-state index is -0.632. The molecular formula is C32H41F2N7. The van der Waals surface area contributed by atoms with E-state index in [0.717, 1.165) is 25.8 Å². The molecule has 0 saturated carbocycles. The van der Waals surface area contributed by atoms with Gasteiger partial charge < -0.3 is 14.8 Å². The Hall–Kier alpha value is -3.46. The fourth-order valence-corrected chi connectivity index (χ4v) is 6.55. The van der Waals surface area contributed by atoms with Crippen LogP contribution in [-0.2, 0) is 0 Å². The van der Waals surface area contributed by atoms with Gasteiger partial charge in [-0.25, -0.2) is 28.7 Å². The van der Waals surface area contributed by atoms with Crippen molar-refractivity contribution in [2.45, 2.75) is 73.3 Å². The van der Waals surface area contributed by atoms with Crippen LogP contribution in [-0.4, -0.2) is 49.0 Å². The number of benzene rings is 1. The summed E-state index contributed by atoms with van der Waals surface area (Å²) >= 11 is 0. The number of anilines is 2. The van der Waals surface area contributed by atoms with Gasteiger partial charge in [0.15, 0.2) is 11.6 Å². The van der Waals surface area contributed by atoms with Gasteiger partial charge in [-0.05, 0) is 94.3 Å². The zero-order valence-electron chi connectivity index (χ0n) is 25.2. The van der Waals surface area contributed by atoms with E-state index < -0.39 is 11.6 Å². The van der Waals surface area contributed by atoms with Gasteiger partial charge in [-0.15, -0.1) is 0 Å². The molecule has 4 aromatic rings. The number of hydrogen-bond donors (Lipinski definition) is 1. The predicted octanol–water partition coefficient (Wildman–Crippen LogP) is 7.66. The highest BCUT2D eigenvalue weighted by molar-refractivity contribution is 5.83. The summed E-state index contributed by atoms with van der Waals surface area (Å²) in [4.78, 5) is 20.1. The van der Waals surface area contributed by atoms with Gasteiger partial charge in [0.05, 0.1) is 11.7 Å². The summed E-state index contributed by atoms with van der Waals surface area (Å²) in [7, 11) is 0. The summed E-state index contributed by atoms with van der Waals surface area (Å²) in [6.07, 6.45) is 5.41. The Morgan fingerprint density at radius 1 is 1.00 bits per heavy atom. The quantitative estimate of drug-likeness (QED) is 0.250. The average molecular weight is 562 g/mol. The van der Waals surface area contributed by atoms with Crippen LogP contribution in [0.25, 0.3) is 22.3 Å². The molecule has 218 valence electrons. The minimum Gasteiger partial charge on any atom is -0.326 e. The number of piperidine rings is 1. The Bertz CT molecular complexity index is 1510. The molecule has 5 rings (SSSR count). The number of pyridine rings is 1. The second-order valence-corrected chi connectivity index (χ2v) is 12.6. The Kier molecular flexibility index (Phi) is 8.10. The lowest BCUT2D eigenvalue weighted by Gasteiger charge is -2.42. The first-order valence-electron chi connectivity index (χ1n) is 14.6. The first kappa shape index (κ1) is 29.0. The van der Waals surface area contributed by atoms with E-state index in [9.17, 15) is 4.39 Å². The van der Waals surface area contributed by atoms with E-state index in [1.165, 1.54) is 24.5 Å². The number of fused-ring (bicyclic) bond motifs is 1. The predicted molar refractivity (Wildman–Crippen MR) is 160 cm³/mol. The number of likely N-dealkylation sites (tertiary alicyclic amines) is 1. The molecule has 41 heavy (non-hydrogen) atoms. The second-order valence-electron chi connectivity index (χ2n) is 12.6. The second kappa shape index (κ2) is 11.4. The third kappa shape index (κ3) is 5.96. The minimum absolute atomic E-state index is 0.0142. The van der Waals surface area contributed by atoms with Crippen LogP contribution in [0.15, 0.2) is 36.7 Å². The van der Waals surface area contributed by atoms with Crippen LogP contribution in [0.1, 0.15) is 77.7 Å². The molecule has 1 aromatic carbocycles. The highest BCUT2D eigenvalue weighted by Gasteiger charge is 2.35. The summed E-state index contributed by atoms with van der Waals surface area (Å²) in [5.74, 6) is 1.31. The lowest BCUT2D eigenvalue weighted by atomic mass is 9.67. The molecule has 0 spiro atoms. The number of rotatable bonds is 7. The molecule has 0 amide bonds. The number of nitrogens with one attached hydrogen (secondary N) is 1. The van der Waals surface area contributed by atoms with Gasteiger partial charge >= 0.3 is 0 Å². The van der Waals surface area contributed by atoms with E-state index in [-0.39, 0.29) is 28.6 Å². The van der Waals surface area contributed by atoms with E-state index >= 15 is 4.39 Å². The van der Waals surface area contributed by atoms with Crippen molar-refractivity contribution in [2.24, 2.45) is 11.3 Å². The van der Waals surface area contributed by atoms with E-state index in [0.29, 0.717) is 34.6 Å². The molecule has 1 N–H and O–H groups in total. The maximum absolute atomic E-state index is 15.1. The van der Waals surface area contributed by atoms with Gasteiger partial charge in [0, 0.05) is 17.8 Å². The van der Waals surface area contributed by atoms with Crippen molar-refractivity contribution in [3.63, 3.8) is 0 Å². The topological polar surface area (TPSA) is 71.8 Å². The normalized spacial score (nSPS) is 16.0. The molecule has 4 heterocycles. The number of hydrogen-bond acceptors (Lipinski definition) is 6. The van der Waals surface area contributed by atoms with Crippen LogP contribution in [0.5, 0.6) is 0 Å². The largest absolute Gasteiger partial charge is 0.326 e. The number of imidazole rings is 1. The maximum atomic E-state index is 15.1. The van der Waals surface area contributed by atoms with Crippen LogP contribution in [0.2, 0.25) is 0 Å². The summed E-state index contributed by atoms with van der Waals surface area (Å²) in [6, 6.07) is 7.13. The van der Waals surface area contributed by atoms with Crippen molar-refractivity contribution in [3.05, 3.63) is 59.7 Å². The molecule has 1 fully saturated rings. The van der Waals surface area contributed by atoms with E-state index in [4.69, 9.17) is 0 Å². The fourth-order valence-electron chi connectivity index (χ4n) is 6.55. The van der Waals surface area contributed by atoms with Crippen molar-refractivity contribution in [2.75, 3.05) is 25.0 Å². The van der Waals surface area contributed by atoms with Crippen LogP contribution in [0.4, 0.5) is 20.5 Å². The van der Waals surface area contributed by atoms with Crippen molar-refractivity contribution < 1.29 is 8.78 Å². The smallest absolute Gasteiger partial charge is 0.229 e. The van der Waals surface area contributed by atoms with Crippen molar-refractivity contribution in [3.8, 4) is 11.3 Å². The van der Waals surface area contributed by atoms with Gasteiger partial charge in [0.25, 0.3) is 0 Å². The van der Waals surface area contributed by atoms with Gasteiger partial charge in [-0.3, -0.25) is 0 Å². The SMILES string of the molecule is CCN1CCC(C(c2ccc(Nc3ncc(F)c(-c4cc(F)c5nc(C)n(C(C)C)c5c4)n3)nc2)C(C)(C)C)CC1. The van der Waals surface area contributed by atoms with Crippen molar-refractivity contribution >= 4 is 22.8 Å². The zero-order valence-corrected chi connectivity index (χ0v) is 25.2. The Morgan fingerprint density at radius 3 is 2.34 bits per heavy atom. The molecule has 9 heteroatoms. The van der Waals surface area contributed by atoms with Gasteiger partial charge in [-0.2, -0.15) is 0 Å². The third-order valence-electron chi connectivity index (χ3n) is 8.33. The summed E-state index contributed by atoms with van der Waals surface area (Å²) in [5, 5.41) is 3.11. The summed E-state index contributed by atoms with van der Waals surface area (Å²) in [5.41, 5.74) is 2.53. The van der Waals surface area contributed by atoms with Gasteiger partial charge in [0.1, 0.15) is 22.9 Å². The Balaban J connectivity index is 1.40. The molecule has 0 radical (unpaired) electrons. The van der Waals surface area contributed by atoms with E-state index in [2.05, 4.69) is 63.9 Å². The first-order chi connectivity index (χ1) is 19.5. The number of aromatic nitrogens is 5. The standard InChI is InChI=1S/C32H41F2N7/c1-8-40-13-11-21(12-14-40)28(32(5,6)7)22-9-10-27(35-17-22)38-31-36-18-25(34)29(39-31)23-15-24(33)30-26(16-23)41(19(2)3)20(4)37-30/h9-10,15-19,21,28H,8,11-14H2,1-7H3,(H,35,36,38,39). The number of nitrogens with zero attached hydrogens (tertiary/aromatic N) is 6. The average Bonchev–Trinajstić information content (AvgIpc) is 3.27. The highest BCUT2D eigenvalue weighted by atomic mass is 19.1. The fraction of sp³-hybridized carbons (Fsp3) is 0.500. The van der Waals surface area contributed by atoms with E-state index in [1.54, 1.807) is 6.07 Å². The summed E-state index contributed by atoms with van der Waals surface area (Å²) < 4.78 is 31.9. The molecule has 1 unspecified atom stereocenters. The lowest BCUT2D eigenvalue weighted by molar-refractivity contribution is 0.132. The molecular weight excluding hydrogens is 520 g/mol. The molecule has 1 atom stereocenters. The van der Waals surface area contributed by atoms with Crippen LogP contribution in [0.3, 0.4) is 0 Å². The maximum Gasteiger partial charge on any atom is 0.229 e. The van der Waals surface area contributed by atoms with Crippen LogP contribution >= 0.6 is 0 Å². The molecule has 1 aliphatic rings. The van der Waals surface area contributed by atoms with Gasteiger partial charge in [-0.1, -0.05) is 33.8 Å². The summed E-state index contributed by atoms with van der Waals surface area (Å²) in [6.45, 7) is 18.4. The van der Waals surface area contributed by atoms with Crippen molar-refractivity contribution in [1.29, 1.82) is 0 Å². The third-order valence-corrected chi connectivity index (χ3v) is 8.33. The van der Waals surface area contributed by atoms with Crippen molar-refractivity contribution in [1.82, 2.24) is 29.4 Å². The Labute approximate surface area is 241 Å². The highest BCUT2D eigenvalue weighted by Crippen LogP contribution is 2.44. The molecule has 0 bridgehead atoms. The Morgan fingerprint density at radius 2 is 1.73 bits per heavy atom. The molecule has 3 aromatic heterocycles. The first-order valence-corrected chi connectivity index (χ1v) is 14.6.